The smallest absolute Gasteiger partial charge is 0.246 e. The fourth-order valence-electron chi connectivity index (χ4n) is 3.98. The van der Waals surface area contributed by atoms with Crippen LogP contribution >= 0.6 is 0 Å². The molecule has 1 aliphatic heterocycles. The molecule has 0 radical (unpaired) electrons. The molecule has 1 aliphatic carbocycles. The van der Waals surface area contributed by atoms with Crippen molar-refractivity contribution in [3.05, 3.63) is 42.2 Å². The molecule has 1 spiro atoms. The van der Waals surface area contributed by atoms with Gasteiger partial charge in [0, 0.05) is 23.6 Å². The highest BCUT2D eigenvalue weighted by atomic mass is 19.1. The lowest BCUT2D eigenvalue weighted by atomic mass is 9.64. The van der Waals surface area contributed by atoms with E-state index >= 15 is 0 Å². The minimum absolute atomic E-state index is 0.106. The Morgan fingerprint density at radius 3 is 2.83 bits per heavy atom. The molecule has 0 aromatic heterocycles. The van der Waals surface area contributed by atoms with Crippen molar-refractivity contribution in [2.45, 2.75) is 44.9 Å². The van der Waals surface area contributed by atoms with E-state index in [4.69, 9.17) is 9.47 Å². The largest absolute Gasteiger partial charge is 0.497 e. The predicted molar refractivity (Wildman–Crippen MR) is 89.2 cm³/mol. The summed E-state index contributed by atoms with van der Waals surface area (Å²) in [7, 11) is 1.54. The maximum atomic E-state index is 14.1. The summed E-state index contributed by atoms with van der Waals surface area (Å²) >= 11 is 0. The third-order valence-corrected chi connectivity index (χ3v) is 5.22. The molecule has 5 heteroatoms. The number of rotatable bonds is 5. The summed E-state index contributed by atoms with van der Waals surface area (Å²) in [6.07, 6.45) is 4.43. The van der Waals surface area contributed by atoms with Gasteiger partial charge in [-0.25, -0.2) is 4.39 Å². The summed E-state index contributed by atoms with van der Waals surface area (Å²) < 4.78 is 25.0. The lowest BCUT2D eigenvalue weighted by molar-refractivity contribution is -0.134. The Hall–Kier alpha value is -1.88. The predicted octanol–water partition coefficient (Wildman–Crippen LogP) is 3.31. The van der Waals surface area contributed by atoms with Gasteiger partial charge < -0.3 is 14.4 Å². The van der Waals surface area contributed by atoms with Crippen LogP contribution in [0.5, 0.6) is 5.75 Å². The third kappa shape index (κ3) is 3.18. The fourth-order valence-corrected chi connectivity index (χ4v) is 3.98. The molecule has 1 saturated heterocycles. The second kappa shape index (κ2) is 6.55. The molecule has 1 heterocycles. The van der Waals surface area contributed by atoms with Gasteiger partial charge in [-0.3, -0.25) is 4.79 Å². The van der Waals surface area contributed by atoms with Gasteiger partial charge in [-0.1, -0.05) is 6.58 Å². The van der Waals surface area contributed by atoms with Crippen molar-refractivity contribution in [2.75, 3.05) is 13.7 Å². The Labute approximate surface area is 142 Å². The number of carbonyl (C=O) groups excluding carboxylic acids is 1. The fraction of sp³-hybridized carbons (Fsp3) is 0.526. The molecule has 3 rings (SSSR count). The van der Waals surface area contributed by atoms with Gasteiger partial charge in [-0.15, -0.1) is 0 Å². The van der Waals surface area contributed by atoms with Crippen LogP contribution < -0.4 is 4.74 Å². The normalized spacial score (nSPS) is 28.5. The first-order chi connectivity index (χ1) is 11.5. The van der Waals surface area contributed by atoms with Gasteiger partial charge in [-0.05, 0) is 50.5 Å². The van der Waals surface area contributed by atoms with Gasteiger partial charge in [0.05, 0.1) is 19.8 Å². The molecule has 4 nitrogen and oxygen atoms in total. The Morgan fingerprint density at radius 2 is 2.25 bits per heavy atom. The molecule has 2 fully saturated rings. The van der Waals surface area contributed by atoms with Crippen LogP contribution in [-0.4, -0.2) is 36.7 Å². The molecule has 0 N–H and O–H groups in total. The third-order valence-electron chi connectivity index (χ3n) is 5.22. The number of carbonyl (C=O) groups is 1. The second-order valence-corrected chi connectivity index (χ2v) is 7.02. The van der Waals surface area contributed by atoms with E-state index in [1.165, 1.54) is 12.1 Å². The van der Waals surface area contributed by atoms with E-state index in [2.05, 4.69) is 13.5 Å². The number of halogens is 1. The standard InChI is InChI=1S/C19H24FNO3/c1-4-18(22)21(11-14-7-16(23-3)5-6-17(14)20)15-9-19(10-15)8-13(2)24-12-19/h4-7,13,15H,1,8-12H2,2-3H3. The minimum Gasteiger partial charge on any atom is -0.497 e. The van der Waals surface area contributed by atoms with Crippen LogP contribution in [0.15, 0.2) is 30.9 Å². The average Bonchev–Trinajstić information content (AvgIpc) is 2.94. The van der Waals surface area contributed by atoms with Gasteiger partial charge in [0.15, 0.2) is 0 Å². The summed E-state index contributed by atoms with van der Waals surface area (Å²) in [5, 5.41) is 0. The second-order valence-electron chi connectivity index (χ2n) is 7.02. The van der Waals surface area contributed by atoms with Crippen molar-refractivity contribution in [1.82, 2.24) is 4.90 Å². The van der Waals surface area contributed by atoms with Gasteiger partial charge in [0.25, 0.3) is 0 Å². The van der Waals surface area contributed by atoms with Gasteiger partial charge in [0.1, 0.15) is 11.6 Å². The van der Waals surface area contributed by atoms with E-state index < -0.39 is 0 Å². The number of nitrogens with zero attached hydrogens (tertiary/aromatic N) is 1. The van der Waals surface area contributed by atoms with Crippen molar-refractivity contribution in [3.8, 4) is 5.75 Å². The molecule has 0 bridgehead atoms. The van der Waals surface area contributed by atoms with E-state index in [1.54, 1.807) is 24.1 Å². The van der Waals surface area contributed by atoms with Gasteiger partial charge in [-0.2, -0.15) is 0 Å². The number of hydrogen-bond donors (Lipinski definition) is 0. The van der Waals surface area contributed by atoms with Crippen molar-refractivity contribution in [3.63, 3.8) is 0 Å². The summed E-state index contributed by atoms with van der Waals surface area (Å²) in [6, 6.07) is 4.71. The zero-order chi connectivity index (χ0) is 17.3. The number of hydrogen-bond acceptors (Lipinski definition) is 3. The summed E-state index contributed by atoms with van der Waals surface area (Å²) in [5.74, 6) is 0.0917. The maximum Gasteiger partial charge on any atom is 0.246 e. The summed E-state index contributed by atoms with van der Waals surface area (Å²) in [4.78, 5) is 14.0. The highest BCUT2D eigenvalue weighted by molar-refractivity contribution is 5.87. The number of methoxy groups -OCH3 is 1. The van der Waals surface area contributed by atoms with Crippen LogP contribution in [0.2, 0.25) is 0 Å². The Balaban J connectivity index is 1.74. The van der Waals surface area contributed by atoms with Crippen LogP contribution in [0.4, 0.5) is 4.39 Å². The van der Waals surface area contributed by atoms with Gasteiger partial charge >= 0.3 is 0 Å². The molecule has 130 valence electrons. The molecule has 1 amide bonds. The van der Waals surface area contributed by atoms with E-state index in [9.17, 15) is 9.18 Å². The van der Waals surface area contributed by atoms with E-state index in [1.807, 2.05) is 0 Å². The quantitative estimate of drug-likeness (QED) is 0.776. The number of benzene rings is 1. The lowest BCUT2D eigenvalue weighted by Crippen LogP contribution is -2.52. The van der Waals surface area contributed by atoms with Crippen LogP contribution in [0.1, 0.15) is 31.7 Å². The van der Waals surface area contributed by atoms with Crippen molar-refractivity contribution in [1.29, 1.82) is 0 Å². The van der Waals surface area contributed by atoms with E-state index in [0.717, 1.165) is 25.9 Å². The topological polar surface area (TPSA) is 38.8 Å². The number of amides is 1. The Bertz CT molecular complexity index is 639. The molecule has 1 saturated carbocycles. The molecule has 1 aromatic carbocycles. The lowest BCUT2D eigenvalue weighted by Gasteiger charge is -2.49. The van der Waals surface area contributed by atoms with Crippen molar-refractivity contribution >= 4 is 5.91 Å². The van der Waals surface area contributed by atoms with Crippen LogP contribution in [0.3, 0.4) is 0 Å². The first-order valence-corrected chi connectivity index (χ1v) is 8.33. The van der Waals surface area contributed by atoms with Crippen molar-refractivity contribution < 1.29 is 18.7 Å². The minimum atomic E-state index is -0.329. The monoisotopic (exact) mass is 333 g/mol. The van der Waals surface area contributed by atoms with E-state index in [-0.39, 0.29) is 35.8 Å². The van der Waals surface area contributed by atoms with Crippen LogP contribution in [0, 0.1) is 11.2 Å². The van der Waals surface area contributed by atoms with Crippen LogP contribution in [0.25, 0.3) is 0 Å². The maximum absolute atomic E-state index is 14.1. The molecular weight excluding hydrogens is 309 g/mol. The highest BCUT2D eigenvalue weighted by Crippen LogP contribution is 2.51. The Kier molecular flexibility index (Phi) is 4.63. The first-order valence-electron chi connectivity index (χ1n) is 8.33. The highest BCUT2D eigenvalue weighted by Gasteiger charge is 2.51. The molecular formula is C19H24FNO3. The zero-order valence-corrected chi connectivity index (χ0v) is 14.3. The Morgan fingerprint density at radius 1 is 1.50 bits per heavy atom. The molecule has 2 aliphatic rings. The van der Waals surface area contributed by atoms with E-state index in [0.29, 0.717) is 11.3 Å². The SMILES string of the molecule is C=CC(=O)N(Cc1cc(OC)ccc1F)C1CC2(COC(C)C2)C1. The van der Waals surface area contributed by atoms with Crippen LogP contribution in [-0.2, 0) is 16.1 Å². The molecule has 1 atom stereocenters. The molecule has 1 aromatic rings. The average molecular weight is 333 g/mol. The first kappa shape index (κ1) is 17.0. The molecule has 1 unspecified atom stereocenters. The van der Waals surface area contributed by atoms with Crippen molar-refractivity contribution in [2.24, 2.45) is 5.41 Å². The van der Waals surface area contributed by atoms with Gasteiger partial charge in [0.2, 0.25) is 5.91 Å². The number of ether oxygens (including phenoxy) is 2. The zero-order valence-electron chi connectivity index (χ0n) is 14.3. The summed E-state index contributed by atoms with van der Waals surface area (Å²) in [5.41, 5.74) is 0.651. The summed E-state index contributed by atoms with van der Waals surface area (Å²) in [6.45, 7) is 6.66. The molecule has 24 heavy (non-hydrogen) atoms.